The van der Waals surface area contributed by atoms with Gasteiger partial charge in [-0.25, -0.2) is 0 Å². The number of thiocarbonyl (C=S) groups is 1. The Morgan fingerprint density at radius 1 is 1.20 bits per heavy atom. The second-order valence-corrected chi connectivity index (χ2v) is 8.70. The number of nitrogens with one attached hydrogen (secondary N) is 1. The van der Waals surface area contributed by atoms with Crippen molar-refractivity contribution in [1.82, 2.24) is 10.2 Å². The Labute approximate surface area is 184 Å². The van der Waals surface area contributed by atoms with E-state index in [2.05, 4.69) is 5.32 Å². The quantitative estimate of drug-likeness (QED) is 0.565. The van der Waals surface area contributed by atoms with Gasteiger partial charge in [-0.1, -0.05) is 47.7 Å². The number of ether oxygens (including phenoxy) is 2. The number of hydrogen-bond acceptors (Lipinski definition) is 6. The van der Waals surface area contributed by atoms with Gasteiger partial charge in [0.25, 0.3) is 11.8 Å². The molecule has 8 heteroatoms. The zero-order chi connectivity index (χ0) is 21.3. The molecule has 1 N–H and O–H groups in total. The minimum absolute atomic E-state index is 0.158. The van der Waals surface area contributed by atoms with Crippen LogP contribution in [-0.2, 0) is 4.79 Å². The van der Waals surface area contributed by atoms with Gasteiger partial charge in [0.05, 0.1) is 4.91 Å². The average molecular weight is 441 g/mol. The van der Waals surface area contributed by atoms with Crippen molar-refractivity contribution in [1.29, 1.82) is 0 Å². The normalized spacial score (nSPS) is 16.5. The molecule has 0 aromatic heterocycles. The van der Waals surface area contributed by atoms with Gasteiger partial charge in [-0.05, 0) is 49.2 Å². The van der Waals surface area contributed by atoms with Crippen molar-refractivity contribution in [2.24, 2.45) is 0 Å². The van der Waals surface area contributed by atoms with Crippen LogP contribution >= 0.6 is 24.0 Å². The van der Waals surface area contributed by atoms with Crippen LogP contribution in [0.15, 0.2) is 41.3 Å². The largest absolute Gasteiger partial charge is 0.454 e. The van der Waals surface area contributed by atoms with Crippen LogP contribution in [0.4, 0.5) is 0 Å². The average Bonchev–Trinajstić information content (AvgIpc) is 3.27. The van der Waals surface area contributed by atoms with E-state index in [0.29, 0.717) is 39.4 Å². The van der Waals surface area contributed by atoms with Gasteiger partial charge in [-0.2, -0.15) is 0 Å². The Morgan fingerprint density at radius 3 is 2.80 bits per heavy atom. The number of thioether (sulfide) groups is 1. The zero-order valence-electron chi connectivity index (χ0n) is 16.6. The lowest BCUT2D eigenvalue weighted by molar-refractivity contribution is -0.122. The molecule has 0 saturated carbocycles. The zero-order valence-corrected chi connectivity index (χ0v) is 18.2. The summed E-state index contributed by atoms with van der Waals surface area (Å²) in [5.41, 5.74) is 3.50. The molecular formula is C22H20N2O4S2. The Bertz CT molecular complexity index is 1080. The minimum Gasteiger partial charge on any atom is -0.454 e. The van der Waals surface area contributed by atoms with E-state index in [1.807, 2.05) is 50.2 Å². The fourth-order valence-electron chi connectivity index (χ4n) is 3.29. The summed E-state index contributed by atoms with van der Waals surface area (Å²) in [6.45, 7) is 4.73. The molecule has 0 radical (unpaired) electrons. The van der Waals surface area contributed by atoms with E-state index < -0.39 is 0 Å². The first-order valence-electron chi connectivity index (χ1n) is 9.43. The SMILES string of the molecule is Cc1ccc(C(=O)NCCN2C(=O)/C(=C\c3ccc4c(c3)OCO4)SC2=S)c(C)c1. The van der Waals surface area contributed by atoms with E-state index >= 15 is 0 Å². The Morgan fingerprint density at radius 2 is 2.00 bits per heavy atom. The predicted molar refractivity (Wildman–Crippen MR) is 121 cm³/mol. The first kappa shape index (κ1) is 20.4. The van der Waals surface area contributed by atoms with E-state index in [9.17, 15) is 9.59 Å². The third kappa shape index (κ3) is 4.20. The first-order valence-corrected chi connectivity index (χ1v) is 10.7. The molecule has 4 rings (SSSR count). The molecule has 2 aliphatic heterocycles. The molecule has 0 aliphatic carbocycles. The van der Waals surface area contributed by atoms with Crippen LogP contribution in [0.1, 0.15) is 27.0 Å². The van der Waals surface area contributed by atoms with Crippen LogP contribution in [0.5, 0.6) is 11.5 Å². The topological polar surface area (TPSA) is 67.9 Å². The number of nitrogens with zero attached hydrogens (tertiary/aromatic N) is 1. The monoisotopic (exact) mass is 440 g/mol. The molecule has 2 aromatic carbocycles. The van der Waals surface area contributed by atoms with Crippen molar-refractivity contribution >= 4 is 46.2 Å². The summed E-state index contributed by atoms with van der Waals surface area (Å²) in [6.07, 6.45) is 1.79. The second kappa shape index (κ2) is 8.49. The molecule has 6 nitrogen and oxygen atoms in total. The molecule has 0 spiro atoms. The van der Waals surface area contributed by atoms with E-state index in [4.69, 9.17) is 21.7 Å². The summed E-state index contributed by atoms with van der Waals surface area (Å²) in [5, 5.41) is 2.87. The maximum atomic E-state index is 12.8. The fourth-order valence-corrected chi connectivity index (χ4v) is 4.60. The molecule has 1 saturated heterocycles. The molecule has 2 amide bonds. The van der Waals surface area contributed by atoms with Crippen molar-refractivity contribution in [3.8, 4) is 11.5 Å². The molecule has 2 aliphatic rings. The van der Waals surface area contributed by atoms with E-state index in [0.717, 1.165) is 16.7 Å². The predicted octanol–water partition coefficient (Wildman–Crippen LogP) is 3.66. The van der Waals surface area contributed by atoms with Gasteiger partial charge in [0.1, 0.15) is 4.32 Å². The summed E-state index contributed by atoms with van der Waals surface area (Å²) < 4.78 is 11.2. The number of hydrogen-bond donors (Lipinski definition) is 1. The minimum atomic E-state index is -0.163. The van der Waals surface area contributed by atoms with Crippen molar-refractivity contribution in [2.45, 2.75) is 13.8 Å². The Hall–Kier alpha value is -2.84. The summed E-state index contributed by atoms with van der Waals surface area (Å²) in [5.74, 6) is 1.03. The van der Waals surface area contributed by atoms with Gasteiger partial charge in [-0.15, -0.1) is 0 Å². The van der Waals surface area contributed by atoms with Gasteiger partial charge in [0.15, 0.2) is 11.5 Å². The first-order chi connectivity index (χ1) is 14.4. The number of aryl methyl sites for hydroxylation is 2. The van der Waals surface area contributed by atoms with Crippen molar-refractivity contribution in [3.63, 3.8) is 0 Å². The number of fused-ring (bicyclic) bond motifs is 1. The van der Waals surface area contributed by atoms with Gasteiger partial charge in [-0.3, -0.25) is 14.5 Å². The highest BCUT2D eigenvalue weighted by Crippen LogP contribution is 2.36. The van der Waals surface area contributed by atoms with Gasteiger partial charge < -0.3 is 14.8 Å². The molecule has 0 bridgehead atoms. The Kier molecular flexibility index (Phi) is 5.78. The molecule has 2 aromatic rings. The number of rotatable bonds is 5. The maximum absolute atomic E-state index is 12.8. The van der Waals surface area contributed by atoms with E-state index in [1.54, 1.807) is 6.08 Å². The molecule has 1 fully saturated rings. The van der Waals surface area contributed by atoms with Gasteiger partial charge >= 0.3 is 0 Å². The van der Waals surface area contributed by atoms with Gasteiger partial charge in [0.2, 0.25) is 6.79 Å². The number of benzene rings is 2. The standard InChI is InChI=1S/C22H20N2O4S2/c1-13-3-5-16(14(2)9-13)20(25)23-7-8-24-21(26)19(30-22(24)29)11-15-4-6-17-18(10-15)28-12-27-17/h3-6,9-11H,7-8,12H2,1-2H3,(H,23,25)/b19-11+. The maximum Gasteiger partial charge on any atom is 0.266 e. The van der Waals surface area contributed by atoms with E-state index in [1.165, 1.54) is 16.7 Å². The number of carbonyl (C=O) groups excluding carboxylic acids is 2. The highest BCUT2D eigenvalue weighted by molar-refractivity contribution is 8.26. The summed E-state index contributed by atoms with van der Waals surface area (Å²) in [6, 6.07) is 11.2. The third-order valence-electron chi connectivity index (χ3n) is 4.82. The lowest BCUT2D eigenvalue weighted by Gasteiger charge is -2.15. The van der Waals surface area contributed by atoms with Crippen molar-refractivity contribution < 1.29 is 19.1 Å². The smallest absolute Gasteiger partial charge is 0.266 e. The van der Waals surface area contributed by atoms with E-state index in [-0.39, 0.29) is 18.6 Å². The van der Waals surface area contributed by atoms with Crippen LogP contribution < -0.4 is 14.8 Å². The second-order valence-electron chi connectivity index (χ2n) is 7.02. The molecule has 0 atom stereocenters. The molecular weight excluding hydrogens is 420 g/mol. The van der Waals surface area contributed by atoms with Crippen LogP contribution in [0.3, 0.4) is 0 Å². The molecule has 0 unspecified atom stereocenters. The lowest BCUT2D eigenvalue weighted by Crippen LogP contribution is -2.37. The van der Waals surface area contributed by atoms with Crippen molar-refractivity contribution in [3.05, 3.63) is 63.6 Å². The summed E-state index contributed by atoms with van der Waals surface area (Å²) in [4.78, 5) is 27.3. The lowest BCUT2D eigenvalue weighted by atomic mass is 10.1. The van der Waals surface area contributed by atoms with Crippen LogP contribution in [0, 0.1) is 13.8 Å². The highest BCUT2D eigenvalue weighted by Gasteiger charge is 2.31. The van der Waals surface area contributed by atoms with Gasteiger partial charge in [0, 0.05) is 18.7 Å². The molecule has 154 valence electrons. The Balaban J connectivity index is 1.38. The van der Waals surface area contributed by atoms with Crippen molar-refractivity contribution in [2.75, 3.05) is 19.9 Å². The fraction of sp³-hybridized carbons (Fsp3) is 0.227. The molecule has 2 heterocycles. The number of carbonyl (C=O) groups is 2. The highest BCUT2D eigenvalue weighted by atomic mass is 32.2. The van der Waals surface area contributed by atoms with Crippen LogP contribution in [0.25, 0.3) is 6.08 Å². The summed E-state index contributed by atoms with van der Waals surface area (Å²) >= 11 is 6.62. The molecule has 30 heavy (non-hydrogen) atoms. The van der Waals surface area contributed by atoms with Crippen LogP contribution in [0.2, 0.25) is 0 Å². The van der Waals surface area contributed by atoms with Crippen LogP contribution in [-0.4, -0.2) is 40.9 Å². The third-order valence-corrected chi connectivity index (χ3v) is 6.19. The summed E-state index contributed by atoms with van der Waals surface area (Å²) in [7, 11) is 0. The number of amides is 2.